The number of ether oxygens (including phenoxy) is 1. The third-order valence-electron chi connectivity index (χ3n) is 6.81. The Hall–Kier alpha value is -4.43. The fourth-order valence-electron chi connectivity index (χ4n) is 4.87. The van der Waals surface area contributed by atoms with Crippen molar-refractivity contribution in [1.29, 1.82) is 0 Å². The van der Waals surface area contributed by atoms with Gasteiger partial charge in [-0.2, -0.15) is 0 Å². The van der Waals surface area contributed by atoms with Crippen LogP contribution < -0.4 is 4.74 Å². The topological polar surface area (TPSA) is 102 Å². The SMILES string of the molecule is CN(C)CCOc1ccc(-c2nc(-c3ccc4c(c3)CC/C4=N\O)c(-c3ccnc4[nH]ccc34)[nH]2)cc1. The van der Waals surface area contributed by atoms with Crippen LogP contribution in [0.25, 0.3) is 44.9 Å². The van der Waals surface area contributed by atoms with E-state index in [2.05, 4.69) is 37.1 Å². The Morgan fingerprint density at radius 3 is 2.65 bits per heavy atom. The van der Waals surface area contributed by atoms with Gasteiger partial charge in [0.1, 0.15) is 23.8 Å². The van der Waals surface area contributed by atoms with Crippen LogP contribution in [0.3, 0.4) is 0 Å². The van der Waals surface area contributed by atoms with Crippen molar-refractivity contribution in [3.63, 3.8) is 0 Å². The monoisotopic (exact) mass is 492 g/mol. The maximum absolute atomic E-state index is 9.34. The highest BCUT2D eigenvalue weighted by atomic mass is 16.5. The molecule has 0 amide bonds. The summed E-state index contributed by atoms with van der Waals surface area (Å²) in [5, 5.41) is 13.8. The molecule has 0 aliphatic heterocycles. The van der Waals surface area contributed by atoms with Crippen LogP contribution in [0, 0.1) is 0 Å². The number of rotatable bonds is 7. The van der Waals surface area contributed by atoms with Crippen molar-refractivity contribution in [2.45, 2.75) is 12.8 Å². The molecule has 8 heteroatoms. The summed E-state index contributed by atoms with van der Waals surface area (Å²) in [5.74, 6) is 1.61. The van der Waals surface area contributed by atoms with Gasteiger partial charge in [-0.3, -0.25) is 0 Å². The second-order valence-electron chi connectivity index (χ2n) is 9.50. The molecule has 3 aromatic heterocycles. The number of pyridine rings is 1. The van der Waals surface area contributed by atoms with Crippen molar-refractivity contribution in [3.8, 4) is 39.7 Å². The van der Waals surface area contributed by atoms with Crippen LogP contribution in [0.1, 0.15) is 17.5 Å². The van der Waals surface area contributed by atoms with E-state index in [0.717, 1.165) is 81.3 Å². The lowest BCUT2D eigenvalue weighted by molar-refractivity contribution is 0.261. The molecule has 0 bridgehead atoms. The smallest absolute Gasteiger partial charge is 0.138 e. The fourth-order valence-corrected chi connectivity index (χ4v) is 4.87. The average Bonchev–Trinajstić information content (AvgIpc) is 3.66. The second-order valence-corrected chi connectivity index (χ2v) is 9.50. The van der Waals surface area contributed by atoms with Crippen LogP contribution in [-0.4, -0.2) is 63.0 Å². The van der Waals surface area contributed by atoms with Crippen LogP contribution in [0.2, 0.25) is 0 Å². The van der Waals surface area contributed by atoms with E-state index in [1.54, 1.807) is 0 Å². The molecule has 0 unspecified atom stereocenters. The maximum Gasteiger partial charge on any atom is 0.138 e. The van der Waals surface area contributed by atoms with Gasteiger partial charge in [-0.15, -0.1) is 0 Å². The molecule has 37 heavy (non-hydrogen) atoms. The molecule has 1 aliphatic rings. The number of likely N-dealkylation sites (N-methyl/N-ethyl adjacent to an activating group) is 1. The van der Waals surface area contributed by atoms with Gasteiger partial charge in [-0.1, -0.05) is 17.3 Å². The number of nitrogens with one attached hydrogen (secondary N) is 2. The molecule has 2 aromatic carbocycles. The molecule has 0 radical (unpaired) electrons. The van der Waals surface area contributed by atoms with Gasteiger partial charge in [0.05, 0.1) is 17.1 Å². The Balaban J connectivity index is 1.42. The summed E-state index contributed by atoms with van der Waals surface area (Å²) in [4.78, 5) is 18.4. The maximum atomic E-state index is 9.34. The molecule has 1 aliphatic carbocycles. The van der Waals surface area contributed by atoms with Gasteiger partial charge in [-0.05, 0) is 75.0 Å². The van der Waals surface area contributed by atoms with Crippen molar-refractivity contribution >= 4 is 16.7 Å². The normalized spacial score (nSPS) is 14.1. The Kier molecular flexibility index (Phi) is 5.94. The number of benzene rings is 2. The number of fused-ring (bicyclic) bond motifs is 2. The number of oxime groups is 1. The molecule has 5 aromatic rings. The first-order valence-electron chi connectivity index (χ1n) is 12.4. The number of aryl methyl sites for hydroxylation is 1. The Labute approximate surface area is 214 Å². The molecule has 3 heterocycles. The van der Waals surface area contributed by atoms with Gasteiger partial charge in [-0.25, -0.2) is 9.97 Å². The van der Waals surface area contributed by atoms with Crippen LogP contribution in [0.15, 0.2) is 72.1 Å². The first-order chi connectivity index (χ1) is 18.1. The quantitative estimate of drug-likeness (QED) is 0.210. The van der Waals surface area contributed by atoms with Gasteiger partial charge in [0.2, 0.25) is 0 Å². The van der Waals surface area contributed by atoms with E-state index >= 15 is 0 Å². The lowest BCUT2D eigenvalue weighted by atomic mass is 10.00. The molecule has 3 N–H and O–H groups in total. The van der Waals surface area contributed by atoms with Gasteiger partial charge in [0.25, 0.3) is 0 Å². The number of hydrogen-bond donors (Lipinski definition) is 3. The molecule has 0 atom stereocenters. The van der Waals surface area contributed by atoms with Gasteiger partial charge in [0.15, 0.2) is 0 Å². The number of aromatic amines is 2. The minimum atomic E-state index is 0.636. The molecule has 0 fully saturated rings. The van der Waals surface area contributed by atoms with Crippen molar-refractivity contribution < 1.29 is 9.94 Å². The van der Waals surface area contributed by atoms with E-state index in [4.69, 9.17) is 9.72 Å². The lowest BCUT2D eigenvalue weighted by Crippen LogP contribution is -2.19. The highest BCUT2D eigenvalue weighted by Crippen LogP contribution is 2.38. The van der Waals surface area contributed by atoms with Crippen LogP contribution in [-0.2, 0) is 6.42 Å². The third-order valence-corrected chi connectivity index (χ3v) is 6.81. The van der Waals surface area contributed by atoms with Crippen LogP contribution in [0.5, 0.6) is 5.75 Å². The van der Waals surface area contributed by atoms with Crippen LogP contribution in [0.4, 0.5) is 0 Å². The van der Waals surface area contributed by atoms with Crippen molar-refractivity contribution in [2.24, 2.45) is 5.16 Å². The first-order valence-corrected chi connectivity index (χ1v) is 12.4. The fraction of sp³-hybridized carbons (Fsp3) is 0.207. The van der Waals surface area contributed by atoms with Crippen molar-refractivity contribution in [3.05, 3.63) is 78.1 Å². The van der Waals surface area contributed by atoms with Crippen molar-refractivity contribution in [2.75, 3.05) is 27.2 Å². The molecule has 6 rings (SSSR count). The zero-order valence-electron chi connectivity index (χ0n) is 20.8. The Bertz CT molecular complexity index is 1600. The molecule has 0 saturated carbocycles. The van der Waals surface area contributed by atoms with E-state index in [-0.39, 0.29) is 0 Å². The van der Waals surface area contributed by atoms with Crippen molar-refractivity contribution in [1.82, 2.24) is 24.8 Å². The van der Waals surface area contributed by atoms with E-state index < -0.39 is 0 Å². The number of aromatic nitrogens is 4. The summed E-state index contributed by atoms with van der Waals surface area (Å²) in [6.07, 6.45) is 5.30. The lowest BCUT2D eigenvalue weighted by Gasteiger charge is -2.11. The third kappa shape index (κ3) is 4.36. The Morgan fingerprint density at radius 1 is 1.00 bits per heavy atom. The van der Waals surface area contributed by atoms with E-state index in [1.807, 2.05) is 69.0 Å². The van der Waals surface area contributed by atoms with E-state index in [0.29, 0.717) is 6.61 Å². The predicted octanol–water partition coefficient (Wildman–Crippen LogP) is 5.35. The predicted molar refractivity (Wildman–Crippen MR) is 145 cm³/mol. The molecule has 0 saturated heterocycles. The number of imidazole rings is 1. The highest BCUT2D eigenvalue weighted by molar-refractivity contribution is 6.05. The van der Waals surface area contributed by atoms with Gasteiger partial charge >= 0.3 is 0 Å². The molecular weight excluding hydrogens is 464 g/mol. The summed E-state index contributed by atoms with van der Waals surface area (Å²) < 4.78 is 5.86. The second kappa shape index (κ2) is 9.55. The summed E-state index contributed by atoms with van der Waals surface area (Å²) >= 11 is 0. The molecule has 186 valence electrons. The highest BCUT2D eigenvalue weighted by Gasteiger charge is 2.22. The molecular formula is C29H28N6O2. The number of H-pyrrole nitrogens is 2. The van der Waals surface area contributed by atoms with E-state index in [9.17, 15) is 5.21 Å². The summed E-state index contributed by atoms with van der Waals surface area (Å²) in [6, 6.07) is 18.3. The zero-order valence-corrected chi connectivity index (χ0v) is 20.8. The van der Waals surface area contributed by atoms with Gasteiger partial charge < -0.3 is 24.8 Å². The first kappa shape index (κ1) is 23.0. The van der Waals surface area contributed by atoms with E-state index in [1.165, 1.54) is 5.56 Å². The molecule has 8 nitrogen and oxygen atoms in total. The summed E-state index contributed by atoms with van der Waals surface area (Å²) in [5.41, 5.74) is 8.56. The summed E-state index contributed by atoms with van der Waals surface area (Å²) in [7, 11) is 4.06. The standard InChI is InChI=1S/C29H28N6O2/c1-35(2)15-16-37-21-7-3-18(4-8-21)28-32-26(20-5-9-22-19(17-20)6-10-25(22)34-36)27(33-28)23-11-13-30-29-24(23)12-14-31-29/h3-5,7-9,11-14,17,36H,6,10,15-16H2,1-2H3,(H,30,31)(H,32,33)/b34-25+. The summed E-state index contributed by atoms with van der Waals surface area (Å²) in [6.45, 7) is 1.50. The largest absolute Gasteiger partial charge is 0.492 e. The average molecular weight is 493 g/mol. The van der Waals surface area contributed by atoms with Gasteiger partial charge in [0, 0.05) is 46.6 Å². The minimum Gasteiger partial charge on any atom is -0.492 e. The Morgan fingerprint density at radius 2 is 1.84 bits per heavy atom. The minimum absolute atomic E-state index is 0.636. The molecule has 0 spiro atoms. The number of nitrogens with zero attached hydrogens (tertiary/aromatic N) is 4. The number of hydrogen-bond acceptors (Lipinski definition) is 6. The zero-order chi connectivity index (χ0) is 25.4. The van der Waals surface area contributed by atoms with Crippen LogP contribution >= 0.6 is 0 Å².